The largest absolute Gasteiger partial charge is 0.370 e. The summed E-state index contributed by atoms with van der Waals surface area (Å²) in [6.07, 6.45) is -0.311. The molecule has 0 aliphatic carbocycles. The molecule has 0 saturated heterocycles. The Balaban J connectivity index is 2.99. The smallest absolute Gasteiger partial charge is 0.241 e. The predicted molar refractivity (Wildman–Crippen MR) is 74.6 cm³/mol. The van der Waals surface area contributed by atoms with Crippen molar-refractivity contribution in [2.45, 2.75) is 24.3 Å². The number of anilines is 1. The molecule has 0 heterocycles. The first kappa shape index (κ1) is 16.1. The van der Waals surface area contributed by atoms with Crippen LogP contribution in [0.3, 0.4) is 0 Å². The number of amides is 2. The summed E-state index contributed by atoms with van der Waals surface area (Å²) in [5.74, 6) is -1.46. The van der Waals surface area contributed by atoms with Crippen molar-refractivity contribution in [1.29, 1.82) is 0 Å². The van der Waals surface area contributed by atoms with Crippen molar-refractivity contribution in [2.75, 3.05) is 11.1 Å². The standard InChI is InChI=1S/C12H17N3O4S/c1-2-20(18,19)10-6-4-3-5-9(10)15-12(17)8(13)7-11(14)16/h3-6,8H,2,7,13H2,1H3,(H2,14,16)(H,15,17). The number of nitrogens with two attached hydrogens (primary N) is 2. The highest BCUT2D eigenvalue weighted by atomic mass is 32.2. The number of carbonyl (C=O) groups excluding carboxylic acids is 2. The van der Waals surface area contributed by atoms with E-state index in [0.717, 1.165) is 0 Å². The summed E-state index contributed by atoms with van der Waals surface area (Å²) in [4.78, 5) is 22.5. The molecule has 1 rings (SSSR count). The molecule has 1 aromatic rings. The molecule has 0 saturated carbocycles. The lowest BCUT2D eigenvalue weighted by atomic mass is 10.2. The second-order valence-electron chi connectivity index (χ2n) is 4.17. The van der Waals surface area contributed by atoms with Crippen molar-refractivity contribution < 1.29 is 18.0 Å². The molecule has 7 nitrogen and oxygen atoms in total. The Morgan fingerprint density at radius 3 is 2.45 bits per heavy atom. The summed E-state index contributed by atoms with van der Waals surface area (Å²) in [5, 5.41) is 2.41. The van der Waals surface area contributed by atoms with Gasteiger partial charge in [0.15, 0.2) is 9.84 Å². The van der Waals surface area contributed by atoms with Gasteiger partial charge in [-0.15, -0.1) is 0 Å². The highest BCUT2D eigenvalue weighted by Gasteiger charge is 2.21. The summed E-state index contributed by atoms with van der Waals surface area (Å²) < 4.78 is 23.8. The van der Waals surface area contributed by atoms with Crippen LogP contribution in [0.15, 0.2) is 29.2 Å². The zero-order valence-corrected chi connectivity index (χ0v) is 11.8. The van der Waals surface area contributed by atoms with Gasteiger partial charge in [-0.1, -0.05) is 19.1 Å². The van der Waals surface area contributed by atoms with Gasteiger partial charge < -0.3 is 16.8 Å². The maximum Gasteiger partial charge on any atom is 0.241 e. The predicted octanol–water partition coefficient (Wildman–Crippen LogP) is -0.379. The van der Waals surface area contributed by atoms with Gasteiger partial charge in [-0.25, -0.2) is 8.42 Å². The molecule has 0 aromatic heterocycles. The van der Waals surface area contributed by atoms with Crippen molar-refractivity contribution in [2.24, 2.45) is 11.5 Å². The minimum atomic E-state index is -3.47. The van der Waals surface area contributed by atoms with Gasteiger partial charge in [-0.05, 0) is 12.1 Å². The minimum Gasteiger partial charge on any atom is -0.370 e. The number of sulfone groups is 1. The van der Waals surface area contributed by atoms with Crippen LogP contribution in [0, 0.1) is 0 Å². The third-order valence-electron chi connectivity index (χ3n) is 2.62. The number of para-hydroxylation sites is 1. The molecule has 0 fully saturated rings. The summed E-state index contributed by atoms with van der Waals surface area (Å²) in [6, 6.07) is 4.88. The molecule has 0 aliphatic rings. The minimum absolute atomic E-state index is 0.0159. The van der Waals surface area contributed by atoms with E-state index in [1.807, 2.05) is 0 Å². The first-order valence-corrected chi connectivity index (χ1v) is 7.59. The van der Waals surface area contributed by atoms with E-state index in [1.165, 1.54) is 19.1 Å². The van der Waals surface area contributed by atoms with E-state index < -0.39 is 27.7 Å². The monoisotopic (exact) mass is 299 g/mol. The first-order valence-electron chi connectivity index (χ1n) is 5.94. The SMILES string of the molecule is CCS(=O)(=O)c1ccccc1NC(=O)C(N)CC(N)=O. The maximum absolute atomic E-state index is 11.9. The Bertz CT molecular complexity index is 613. The molecule has 0 bridgehead atoms. The Hall–Kier alpha value is -1.93. The van der Waals surface area contributed by atoms with Crippen molar-refractivity contribution >= 4 is 27.3 Å². The van der Waals surface area contributed by atoms with E-state index in [-0.39, 0.29) is 22.8 Å². The van der Waals surface area contributed by atoms with Crippen LogP contribution in [-0.4, -0.2) is 32.0 Å². The molecule has 1 unspecified atom stereocenters. The van der Waals surface area contributed by atoms with Gasteiger partial charge in [0.1, 0.15) is 0 Å². The molecule has 5 N–H and O–H groups in total. The fraction of sp³-hybridized carbons (Fsp3) is 0.333. The molecule has 20 heavy (non-hydrogen) atoms. The van der Waals surface area contributed by atoms with Crippen LogP contribution in [0.5, 0.6) is 0 Å². The van der Waals surface area contributed by atoms with E-state index in [1.54, 1.807) is 12.1 Å². The second kappa shape index (κ2) is 6.49. The number of primary amides is 1. The van der Waals surface area contributed by atoms with Crippen molar-refractivity contribution in [3.05, 3.63) is 24.3 Å². The maximum atomic E-state index is 11.9. The van der Waals surface area contributed by atoms with Gasteiger partial charge >= 0.3 is 0 Å². The van der Waals surface area contributed by atoms with Gasteiger partial charge in [0.25, 0.3) is 0 Å². The lowest BCUT2D eigenvalue weighted by molar-refractivity contribution is -0.123. The fourth-order valence-corrected chi connectivity index (χ4v) is 2.58. The van der Waals surface area contributed by atoms with Crippen molar-refractivity contribution in [3.8, 4) is 0 Å². The van der Waals surface area contributed by atoms with Gasteiger partial charge in [-0.2, -0.15) is 0 Å². The molecule has 1 aromatic carbocycles. The van der Waals surface area contributed by atoms with Crippen LogP contribution in [0.25, 0.3) is 0 Å². The van der Waals surface area contributed by atoms with E-state index in [2.05, 4.69) is 5.32 Å². The molecule has 0 spiro atoms. The average molecular weight is 299 g/mol. The Morgan fingerprint density at radius 1 is 1.30 bits per heavy atom. The molecule has 1 atom stereocenters. The third kappa shape index (κ3) is 4.04. The summed E-state index contributed by atoms with van der Waals surface area (Å²) >= 11 is 0. The van der Waals surface area contributed by atoms with Gasteiger partial charge in [0, 0.05) is 0 Å². The van der Waals surface area contributed by atoms with Crippen LogP contribution < -0.4 is 16.8 Å². The molecule has 0 aliphatic heterocycles. The summed E-state index contributed by atoms with van der Waals surface area (Å²) in [5.41, 5.74) is 10.6. The average Bonchev–Trinajstić information content (AvgIpc) is 2.38. The number of nitrogens with one attached hydrogen (secondary N) is 1. The van der Waals surface area contributed by atoms with E-state index in [0.29, 0.717) is 0 Å². The highest BCUT2D eigenvalue weighted by molar-refractivity contribution is 7.91. The molecule has 0 radical (unpaired) electrons. The molecule has 110 valence electrons. The highest BCUT2D eigenvalue weighted by Crippen LogP contribution is 2.22. The van der Waals surface area contributed by atoms with Crippen LogP contribution in [0.2, 0.25) is 0 Å². The number of carbonyl (C=O) groups is 2. The molecule has 8 heteroatoms. The second-order valence-corrected chi connectivity index (χ2v) is 6.41. The zero-order chi connectivity index (χ0) is 15.3. The van der Waals surface area contributed by atoms with Gasteiger partial charge in [0.2, 0.25) is 11.8 Å². The van der Waals surface area contributed by atoms with Crippen LogP contribution in [-0.2, 0) is 19.4 Å². The topological polar surface area (TPSA) is 132 Å². The Labute approximate surface area is 117 Å². The van der Waals surface area contributed by atoms with Crippen molar-refractivity contribution in [3.63, 3.8) is 0 Å². The molecular weight excluding hydrogens is 282 g/mol. The number of rotatable bonds is 6. The summed E-state index contributed by atoms with van der Waals surface area (Å²) in [6.45, 7) is 1.51. The number of hydrogen-bond acceptors (Lipinski definition) is 5. The number of benzene rings is 1. The van der Waals surface area contributed by atoms with Crippen molar-refractivity contribution in [1.82, 2.24) is 0 Å². The van der Waals surface area contributed by atoms with Crippen LogP contribution >= 0.6 is 0 Å². The van der Waals surface area contributed by atoms with Gasteiger partial charge in [0.05, 0.1) is 28.8 Å². The fourth-order valence-electron chi connectivity index (χ4n) is 1.53. The lowest BCUT2D eigenvalue weighted by Crippen LogP contribution is -2.39. The lowest BCUT2D eigenvalue weighted by Gasteiger charge is -2.13. The van der Waals surface area contributed by atoms with E-state index >= 15 is 0 Å². The Kier molecular flexibility index (Phi) is 5.23. The molecular formula is C12H17N3O4S. The molecule has 2 amide bonds. The van der Waals surface area contributed by atoms with Gasteiger partial charge in [-0.3, -0.25) is 9.59 Å². The third-order valence-corrected chi connectivity index (χ3v) is 4.40. The van der Waals surface area contributed by atoms with E-state index in [9.17, 15) is 18.0 Å². The summed E-state index contributed by atoms with van der Waals surface area (Å²) in [7, 11) is -3.47. The van der Waals surface area contributed by atoms with E-state index in [4.69, 9.17) is 11.5 Å². The van der Waals surface area contributed by atoms with Crippen LogP contribution in [0.4, 0.5) is 5.69 Å². The van der Waals surface area contributed by atoms with Crippen LogP contribution in [0.1, 0.15) is 13.3 Å². The number of hydrogen-bond donors (Lipinski definition) is 3. The quantitative estimate of drug-likeness (QED) is 0.658. The zero-order valence-electron chi connectivity index (χ0n) is 11.0. The first-order chi connectivity index (χ1) is 9.27. The Morgan fingerprint density at radius 2 is 1.90 bits per heavy atom. The normalized spacial score (nSPS) is 12.7.